The molecule has 1 saturated heterocycles. The van der Waals surface area contributed by atoms with E-state index in [0.29, 0.717) is 18.0 Å². The highest BCUT2D eigenvalue weighted by molar-refractivity contribution is 5.67. The summed E-state index contributed by atoms with van der Waals surface area (Å²) >= 11 is 0. The second-order valence-electron chi connectivity index (χ2n) is 6.36. The van der Waals surface area contributed by atoms with Crippen molar-refractivity contribution in [1.29, 1.82) is 0 Å². The standard InChI is InChI=1S/C13H24N2O2/c1-12(2,3)17-11(16)15-9-10-13(5-4-6-13)7-8-14-10/h10,14H,4-9H2,1-3H3,(H,15,16). The maximum absolute atomic E-state index is 11.6. The summed E-state index contributed by atoms with van der Waals surface area (Å²) in [4.78, 5) is 11.6. The van der Waals surface area contributed by atoms with Crippen molar-refractivity contribution in [3.63, 3.8) is 0 Å². The van der Waals surface area contributed by atoms with Crippen LogP contribution < -0.4 is 10.6 Å². The van der Waals surface area contributed by atoms with E-state index >= 15 is 0 Å². The molecule has 1 aliphatic carbocycles. The third kappa shape index (κ3) is 2.92. The molecule has 2 N–H and O–H groups in total. The minimum atomic E-state index is -0.415. The Hall–Kier alpha value is -0.770. The molecule has 4 heteroatoms. The van der Waals surface area contributed by atoms with Crippen LogP contribution in [0.5, 0.6) is 0 Å². The summed E-state index contributed by atoms with van der Waals surface area (Å²) in [5, 5.41) is 6.38. The molecular weight excluding hydrogens is 216 g/mol. The fourth-order valence-electron chi connectivity index (χ4n) is 2.90. The van der Waals surface area contributed by atoms with Crippen LogP contribution in [0, 0.1) is 5.41 Å². The van der Waals surface area contributed by atoms with E-state index in [-0.39, 0.29) is 6.09 Å². The van der Waals surface area contributed by atoms with Gasteiger partial charge in [0.05, 0.1) is 0 Å². The number of hydrogen-bond donors (Lipinski definition) is 2. The zero-order valence-electron chi connectivity index (χ0n) is 11.1. The van der Waals surface area contributed by atoms with Crippen molar-refractivity contribution >= 4 is 6.09 Å². The fourth-order valence-corrected chi connectivity index (χ4v) is 2.90. The molecule has 1 heterocycles. The summed E-state index contributed by atoms with van der Waals surface area (Å²) in [6.45, 7) is 7.42. The van der Waals surface area contributed by atoms with Crippen molar-refractivity contribution in [3.05, 3.63) is 0 Å². The van der Waals surface area contributed by atoms with Crippen LogP contribution in [-0.4, -0.2) is 30.8 Å². The Kier molecular flexibility index (Phi) is 3.34. The Bertz CT molecular complexity index is 292. The lowest BCUT2D eigenvalue weighted by atomic mass is 9.64. The van der Waals surface area contributed by atoms with Gasteiger partial charge in [0, 0.05) is 12.6 Å². The normalized spacial score (nSPS) is 26.6. The molecule has 1 spiro atoms. The molecule has 0 radical (unpaired) electrons. The molecule has 0 aromatic heterocycles. The van der Waals surface area contributed by atoms with Gasteiger partial charge in [-0.15, -0.1) is 0 Å². The molecule has 1 aliphatic heterocycles. The van der Waals surface area contributed by atoms with Crippen molar-refractivity contribution in [1.82, 2.24) is 10.6 Å². The third-order valence-corrected chi connectivity index (χ3v) is 3.95. The number of alkyl carbamates (subject to hydrolysis) is 1. The summed E-state index contributed by atoms with van der Waals surface area (Å²) < 4.78 is 5.24. The maximum Gasteiger partial charge on any atom is 0.407 e. The number of carbonyl (C=O) groups is 1. The summed E-state index contributed by atoms with van der Waals surface area (Å²) in [5.74, 6) is 0. The number of rotatable bonds is 2. The van der Waals surface area contributed by atoms with Gasteiger partial charge in [0.25, 0.3) is 0 Å². The number of nitrogens with one attached hydrogen (secondary N) is 2. The molecule has 1 amide bonds. The van der Waals surface area contributed by atoms with E-state index in [9.17, 15) is 4.79 Å². The van der Waals surface area contributed by atoms with E-state index in [2.05, 4.69) is 10.6 Å². The van der Waals surface area contributed by atoms with Crippen molar-refractivity contribution in [3.8, 4) is 0 Å². The zero-order valence-corrected chi connectivity index (χ0v) is 11.1. The van der Waals surface area contributed by atoms with Crippen LogP contribution in [0.25, 0.3) is 0 Å². The predicted octanol–water partition coefficient (Wildman–Crippen LogP) is 2.04. The molecule has 98 valence electrons. The predicted molar refractivity (Wildman–Crippen MR) is 66.9 cm³/mol. The summed E-state index contributed by atoms with van der Waals surface area (Å²) in [7, 11) is 0. The van der Waals surface area contributed by atoms with Crippen LogP contribution in [0.1, 0.15) is 46.5 Å². The first-order chi connectivity index (χ1) is 7.91. The highest BCUT2D eigenvalue weighted by Crippen LogP contribution is 2.48. The third-order valence-electron chi connectivity index (χ3n) is 3.95. The number of carbonyl (C=O) groups excluding carboxylic acids is 1. The number of ether oxygens (including phenoxy) is 1. The molecule has 1 atom stereocenters. The van der Waals surface area contributed by atoms with E-state index in [1.807, 2.05) is 20.8 Å². The van der Waals surface area contributed by atoms with Crippen molar-refractivity contribution < 1.29 is 9.53 Å². The van der Waals surface area contributed by atoms with E-state index in [4.69, 9.17) is 4.74 Å². The highest BCUT2D eigenvalue weighted by Gasteiger charge is 2.46. The second-order valence-corrected chi connectivity index (χ2v) is 6.36. The molecule has 0 aromatic carbocycles. The fraction of sp³-hybridized carbons (Fsp3) is 0.923. The van der Waals surface area contributed by atoms with Gasteiger partial charge < -0.3 is 15.4 Å². The Balaban J connectivity index is 1.76. The molecule has 1 unspecified atom stereocenters. The first kappa shape index (κ1) is 12.7. The largest absolute Gasteiger partial charge is 0.444 e. The molecule has 17 heavy (non-hydrogen) atoms. The van der Waals surface area contributed by atoms with Crippen molar-refractivity contribution in [2.45, 2.75) is 58.1 Å². The lowest BCUT2D eigenvalue weighted by molar-refractivity contribution is 0.0492. The Morgan fingerprint density at radius 3 is 2.65 bits per heavy atom. The molecule has 2 aliphatic rings. The molecule has 1 saturated carbocycles. The Morgan fingerprint density at radius 1 is 1.41 bits per heavy atom. The SMILES string of the molecule is CC(C)(C)OC(=O)NCC1NCCC12CCC2. The van der Waals surface area contributed by atoms with Crippen LogP contribution >= 0.6 is 0 Å². The monoisotopic (exact) mass is 240 g/mol. The van der Waals surface area contributed by atoms with Gasteiger partial charge in [-0.3, -0.25) is 0 Å². The minimum Gasteiger partial charge on any atom is -0.444 e. The average molecular weight is 240 g/mol. The van der Waals surface area contributed by atoms with Gasteiger partial charge in [0.1, 0.15) is 5.60 Å². The quantitative estimate of drug-likeness (QED) is 0.776. The summed E-state index contributed by atoms with van der Waals surface area (Å²) in [6, 6.07) is 0.434. The summed E-state index contributed by atoms with van der Waals surface area (Å²) in [6.07, 6.45) is 4.90. The van der Waals surface area contributed by atoms with E-state index < -0.39 is 5.60 Å². The zero-order chi connectivity index (χ0) is 12.5. The lowest BCUT2D eigenvalue weighted by Gasteiger charge is -2.43. The van der Waals surface area contributed by atoms with Crippen molar-refractivity contribution in [2.75, 3.05) is 13.1 Å². The van der Waals surface area contributed by atoms with Gasteiger partial charge in [-0.05, 0) is 52.0 Å². The van der Waals surface area contributed by atoms with Gasteiger partial charge in [0.15, 0.2) is 0 Å². The molecule has 2 fully saturated rings. The highest BCUT2D eigenvalue weighted by atomic mass is 16.6. The first-order valence-electron chi connectivity index (χ1n) is 6.62. The maximum atomic E-state index is 11.6. The second kappa shape index (κ2) is 4.48. The number of amides is 1. The average Bonchev–Trinajstić information content (AvgIpc) is 2.54. The number of hydrogen-bond acceptors (Lipinski definition) is 3. The van der Waals surface area contributed by atoms with Crippen LogP contribution in [-0.2, 0) is 4.74 Å². The molecule has 0 bridgehead atoms. The first-order valence-corrected chi connectivity index (χ1v) is 6.62. The van der Waals surface area contributed by atoms with Crippen molar-refractivity contribution in [2.24, 2.45) is 5.41 Å². The topological polar surface area (TPSA) is 50.4 Å². The lowest BCUT2D eigenvalue weighted by Crippen LogP contribution is -2.49. The summed E-state index contributed by atoms with van der Waals surface area (Å²) in [5.41, 5.74) is 0.0519. The van der Waals surface area contributed by atoms with E-state index in [1.54, 1.807) is 0 Å². The van der Waals surface area contributed by atoms with Gasteiger partial charge in [0.2, 0.25) is 0 Å². The smallest absolute Gasteiger partial charge is 0.407 e. The Morgan fingerprint density at radius 2 is 2.12 bits per heavy atom. The van der Waals surface area contributed by atoms with E-state index in [1.165, 1.54) is 25.7 Å². The van der Waals surface area contributed by atoms with Gasteiger partial charge in [-0.2, -0.15) is 0 Å². The van der Waals surface area contributed by atoms with Crippen LogP contribution in [0.2, 0.25) is 0 Å². The van der Waals surface area contributed by atoms with Gasteiger partial charge in [-0.25, -0.2) is 4.79 Å². The van der Waals surface area contributed by atoms with Crippen LogP contribution in [0.4, 0.5) is 4.79 Å². The van der Waals surface area contributed by atoms with E-state index in [0.717, 1.165) is 6.54 Å². The molecular formula is C13H24N2O2. The van der Waals surface area contributed by atoms with Crippen LogP contribution in [0.3, 0.4) is 0 Å². The molecule has 2 rings (SSSR count). The molecule has 4 nitrogen and oxygen atoms in total. The van der Waals surface area contributed by atoms with Gasteiger partial charge in [-0.1, -0.05) is 6.42 Å². The Labute approximate surface area is 103 Å². The minimum absolute atomic E-state index is 0.305. The van der Waals surface area contributed by atoms with Gasteiger partial charge >= 0.3 is 6.09 Å². The molecule has 0 aromatic rings. The van der Waals surface area contributed by atoms with Crippen LogP contribution in [0.15, 0.2) is 0 Å².